The summed E-state index contributed by atoms with van der Waals surface area (Å²) in [6.07, 6.45) is 0.766. The second kappa shape index (κ2) is 7.90. The van der Waals surface area contributed by atoms with Gasteiger partial charge in [-0.25, -0.2) is 10.3 Å². The van der Waals surface area contributed by atoms with Crippen LogP contribution in [0.25, 0.3) is 0 Å². The van der Waals surface area contributed by atoms with Gasteiger partial charge in [-0.2, -0.15) is 0 Å². The summed E-state index contributed by atoms with van der Waals surface area (Å²) in [6.45, 7) is 1.47. The predicted molar refractivity (Wildman–Crippen MR) is 93.4 cm³/mol. The number of urea groups is 1. The van der Waals surface area contributed by atoms with Crippen LogP contribution >= 0.6 is 0 Å². The molecule has 1 aliphatic heterocycles. The largest absolute Gasteiger partial charge is 0.493 e. The van der Waals surface area contributed by atoms with Crippen molar-refractivity contribution in [2.45, 2.75) is 19.6 Å². The minimum Gasteiger partial charge on any atom is -0.493 e. The topological polar surface area (TPSA) is 60.0 Å². The Kier molecular flexibility index (Phi) is 5.40. The molecule has 1 N–H and O–H groups in total. The van der Waals surface area contributed by atoms with Gasteiger partial charge in [0.1, 0.15) is 0 Å². The summed E-state index contributed by atoms with van der Waals surface area (Å²) in [7, 11) is 3.23. The van der Waals surface area contributed by atoms with Gasteiger partial charge in [0, 0.05) is 13.1 Å². The monoisotopic (exact) mass is 342 g/mol. The number of hydrogen-bond donors (Lipinski definition) is 1. The van der Waals surface area contributed by atoms with Crippen molar-refractivity contribution in [1.29, 1.82) is 0 Å². The highest BCUT2D eigenvalue weighted by Gasteiger charge is 2.23. The zero-order valence-corrected chi connectivity index (χ0v) is 14.5. The molecule has 1 heterocycles. The van der Waals surface area contributed by atoms with E-state index in [2.05, 4.69) is 5.48 Å². The average Bonchev–Trinajstić information content (AvgIpc) is 2.67. The van der Waals surface area contributed by atoms with E-state index in [0.29, 0.717) is 31.2 Å². The van der Waals surface area contributed by atoms with Crippen LogP contribution in [0.3, 0.4) is 0 Å². The summed E-state index contributed by atoms with van der Waals surface area (Å²) in [4.78, 5) is 19.3. The van der Waals surface area contributed by atoms with Gasteiger partial charge in [-0.05, 0) is 35.2 Å². The summed E-state index contributed by atoms with van der Waals surface area (Å²) in [5, 5.41) is 0. The molecule has 0 aromatic heterocycles. The first-order chi connectivity index (χ1) is 12.2. The number of methoxy groups -OCH3 is 2. The lowest BCUT2D eigenvalue weighted by Crippen LogP contribution is -2.42. The standard InChI is InChI=1S/C19H22N2O4/c1-23-17-10-15-8-9-21(12-16(15)11-18(17)24-2)19(22)20-25-13-14-6-4-3-5-7-14/h3-7,10-11H,8-9,12-13H2,1-2H3,(H,20,22). The molecule has 3 rings (SSSR count). The maximum absolute atomic E-state index is 12.3. The van der Waals surface area contributed by atoms with Crippen LogP contribution in [0.5, 0.6) is 11.5 Å². The fourth-order valence-corrected chi connectivity index (χ4v) is 2.88. The highest BCUT2D eigenvalue weighted by atomic mass is 16.7. The van der Waals surface area contributed by atoms with E-state index in [1.165, 1.54) is 5.56 Å². The fraction of sp³-hybridized carbons (Fsp3) is 0.316. The first-order valence-corrected chi connectivity index (χ1v) is 8.15. The van der Waals surface area contributed by atoms with E-state index in [1.54, 1.807) is 19.1 Å². The number of amides is 2. The molecular formula is C19H22N2O4. The maximum Gasteiger partial charge on any atom is 0.341 e. The Labute approximate surface area is 147 Å². The fourth-order valence-electron chi connectivity index (χ4n) is 2.88. The van der Waals surface area contributed by atoms with Crippen LogP contribution in [0.15, 0.2) is 42.5 Å². The molecule has 0 spiro atoms. The van der Waals surface area contributed by atoms with Crippen molar-refractivity contribution >= 4 is 6.03 Å². The molecule has 2 aromatic carbocycles. The smallest absolute Gasteiger partial charge is 0.341 e. The molecule has 0 radical (unpaired) electrons. The van der Waals surface area contributed by atoms with Gasteiger partial charge >= 0.3 is 6.03 Å². The van der Waals surface area contributed by atoms with Gasteiger partial charge in [0.25, 0.3) is 0 Å². The van der Waals surface area contributed by atoms with E-state index in [9.17, 15) is 4.79 Å². The van der Waals surface area contributed by atoms with Crippen molar-refractivity contribution in [3.05, 3.63) is 59.2 Å². The van der Waals surface area contributed by atoms with E-state index in [1.807, 2.05) is 42.5 Å². The van der Waals surface area contributed by atoms with E-state index in [-0.39, 0.29) is 6.03 Å². The first kappa shape index (κ1) is 17.1. The number of fused-ring (bicyclic) bond motifs is 1. The van der Waals surface area contributed by atoms with Crippen molar-refractivity contribution in [3.63, 3.8) is 0 Å². The van der Waals surface area contributed by atoms with Crippen LogP contribution in [0.4, 0.5) is 4.79 Å². The second-order valence-electron chi connectivity index (χ2n) is 5.83. The molecule has 0 unspecified atom stereocenters. The number of hydroxylamine groups is 1. The lowest BCUT2D eigenvalue weighted by atomic mass is 9.99. The predicted octanol–water partition coefficient (Wildman–Crippen LogP) is 2.90. The number of hydrogen-bond acceptors (Lipinski definition) is 4. The van der Waals surface area contributed by atoms with Gasteiger partial charge in [0.2, 0.25) is 0 Å². The highest BCUT2D eigenvalue weighted by Crippen LogP contribution is 2.33. The Hall–Kier alpha value is -2.73. The van der Waals surface area contributed by atoms with Gasteiger partial charge in [-0.15, -0.1) is 0 Å². The first-order valence-electron chi connectivity index (χ1n) is 8.15. The summed E-state index contributed by atoms with van der Waals surface area (Å²) in [5.41, 5.74) is 5.75. The molecule has 6 heteroatoms. The number of ether oxygens (including phenoxy) is 2. The van der Waals surface area contributed by atoms with E-state index >= 15 is 0 Å². The number of rotatable bonds is 5. The summed E-state index contributed by atoms with van der Waals surface area (Å²) >= 11 is 0. The Bertz CT molecular complexity index is 734. The lowest BCUT2D eigenvalue weighted by molar-refractivity contribution is 0.0351. The number of carbonyl (C=O) groups excluding carboxylic acids is 1. The Morgan fingerprint density at radius 2 is 1.76 bits per heavy atom. The molecule has 0 fully saturated rings. The van der Waals surface area contributed by atoms with Gasteiger partial charge < -0.3 is 14.4 Å². The van der Waals surface area contributed by atoms with Crippen LogP contribution in [-0.2, 0) is 24.4 Å². The average molecular weight is 342 g/mol. The minimum atomic E-state index is -0.239. The van der Waals surface area contributed by atoms with E-state index in [4.69, 9.17) is 14.3 Å². The Morgan fingerprint density at radius 3 is 2.44 bits per heavy atom. The molecule has 0 aliphatic carbocycles. The maximum atomic E-state index is 12.3. The van der Waals surface area contributed by atoms with Gasteiger partial charge in [-0.3, -0.25) is 4.84 Å². The summed E-state index contributed by atoms with van der Waals surface area (Å²) in [6, 6.07) is 13.4. The third-order valence-corrected chi connectivity index (χ3v) is 4.25. The molecule has 2 amide bonds. The molecule has 0 atom stereocenters. The number of nitrogens with zero attached hydrogens (tertiary/aromatic N) is 1. The molecule has 132 valence electrons. The zero-order valence-electron chi connectivity index (χ0n) is 14.5. The van der Waals surface area contributed by atoms with Crippen LogP contribution in [-0.4, -0.2) is 31.7 Å². The van der Waals surface area contributed by atoms with Crippen LogP contribution < -0.4 is 15.0 Å². The van der Waals surface area contributed by atoms with Crippen molar-refractivity contribution in [2.75, 3.05) is 20.8 Å². The van der Waals surface area contributed by atoms with Crippen LogP contribution in [0.2, 0.25) is 0 Å². The normalized spacial score (nSPS) is 13.1. The third-order valence-electron chi connectivity index (χ3n) is 4.25. The Morgan fingerprint density at radius 1 is 1.08 bits per heavy atom. The Balaban J connectivity index is 1.59. The van der Waals surface area contributed by atoms with Crippen LogP contribution in [0, 0.1) is 0 Å². The molecule has 0 saturated carbocycles. The SMILES string of the molecule is COc1cc2c(cc1OC)CN(C(=O)NOCc1ccccc1)CC2. The minimum absolute atomic E-state index is 0.239. The van der Waals surface area contributed by atoms with E-state index in [0.717, 1.165) is 17.5 Å². The lowest BCUT2D eigenvalue weighted by Gasteiger charge is -2.29. The number of carbonyl (C=O) groups is 1. The molecule has 1 aliphatic rings. The zero-order chi connectivity index (χ0) is 17.6. The molecule has 0 bridgehead atoms. The van der Waals surface area contributed by atoms with Crippen molar-refractivity contribution in [2.24, 2.45) is 0 Å². The van der Waals surface area contributed by atoms with E-state index < -0.39 is 0 Å². The molecule has 0 saturated heterocycles. The highest BCUT2D eigenvalue weighted by molar-refractivity contribution is 5.73. The van der Waals surface area contributed by atoms with Crippen LogP contribution in [0.1, 0.15) is 16.7 Å². The molecule has 25 heavy (non-hydrogen) atoms. The number of benzene rings is 2. The third kappa shape index (κ3) is 4.03. The molecule has 2 aromatic rings. The van der Waals surface area contributed by atoms with Crippen molar-refractivity contribution in [3.8, 4) is 11.5 Å². The summed E-state index contributed by atoms with van der Waals surface area (Å²) in [5.74, 6) is 1.38. The molecule has 6 nitrogen and oxygen atoms in total. The van der Waals surface area contributed by atoms with Crippen molar-refractivity contribution < 1.29 is 19.1 Å². The van der Waals surface area contributed by atoms with Gasteiger partial charge in [-0.1, -0.05) is 30.3 Å². The quantitative estimate of drug-likeness (QED) is 0.849. The second-order valence-corrected chi connectivity index (χ2v) is 5.83. The van der Waals surface area contributed by atoms with Gasteiger partial charge in [0.05, 0.1) is 20.8 Å². The summed E-state index contributed by atoms with van der Waals surface area (Å²) < 4.78 is 10.7. The van der Waals surface area contributed by atoms with Gasteiger partial charge in [0.15, 0.2) is 11.5 Å². The van der Waals surface area contributed by atoms with Crippen molar-refractivity contribution in [1.82, 2.24) is 10.4 Å². The molecular weight excluding hydrogens is 320 g/mol. The number of nitrogens with one attached hydrogen (secondary N) is 1.